The van der Waals surface area contributed by atoms with Crippen LogP contribution in [0.2, 0.25) is 5.02 Å². The lowest BCUT2D eigenvalue weighted by Gasteiger charge is -2.12. The van der Waals surface area contributed by atoms with Crippen LogP contribution in [0.25, 0.3) is 11.3 Å². The Labute approximate surface area is 154 Å². The van der Waals surface area contributed by atoms with Crippen LogP contribution in [0.3, 0.4) is 0 Å². The SMILES string of the molecule is Cc1cc(Cl)ccc1NC(=O)COc1ccccc1-c1csc(N)n1. The molecule has 5 nitrogen and oxygen atoms in total. The first-order valence-electron chi connectivity index (χ1n) is 7.52. The molecule has 0 spiro atoms. The summed E-state index contributed by atoms with van der Waals surface area (Å²) in [4.78, 5) is 16.4. The number of thiazole rings is 1. The highest BCUT2D eigenvalue weighted by atomic mass is 35.5. The predicted octanol–water partition coefficient (Wildman–Crippen LogP) is 4.37. The second-order valence-corrected chi connectivity index (χ2v) is 6.69. The van der Waals surface area contributed by atoms with Crippen molar-refractivity contribution in [3.05, 3.63) is 58.4 Å². The van der Waals surface area contributed by atoms with E-state index in [9.17, 15) is 4.79 Å². The minimum atomic E-state index is -0.252. The Kier molecular flexibility index (Phi) is 5.21. The first kappa shape index (κ1) is 17.3. The molecule has 7 heteroatoms. The van der Waals surface area contributed by atoms with E-state index in [4.69, 9.17) is 22.1 Å². The third-order valence-corrected chi connectivity index (χ3v) is 4.42. The van der Waals surface area contributed by atoms with Crippen molar-refractivity contribution in [3.8, 4) is 17.0 Å². The van der Waals surface area contributed by atoms with E-state index in [-0.39, 0.29) is 12.5 Å². The summed E-state index contributed by atoms with van der Waals surface area (Å²) in [6, 6.07) is 12.7. The highest BCUT2D eigenvalue weighted by Gasteiger charge is 2.11. The van der Waals surface area contributed by atoms with Gasteiger partial charge in [-0.1, -0.05) is 23.7 Å². The number of amides is 1. The van der Waals surface area contributed by atoms with Crippen LogP contribution in [0, 0.1) is 6.92 Å². The number of carbonyl (C=O) groups is 1. The van der Waals surface area contributed by atoms with Crippen molar-refractivity contribution in [3.63, 3.8) is 0 Å². The Morgan fingerprint density at radius 2 is 2.12 bits per heavy atom. The quantitative estimate of drug-likeness (QED) is 0.696. The lowest BCUT2D eigenvalue weighted by molar-refractivity contribution is -0.118. The summed E-state index contributed by atoms with van der Waals surface area (Å²) in [5.74, 6) is 0.328. The summed E-state index contributed by atoms with van der Waals surface area (Å²) in [7, 11) is 0. The van der Waals surface area contributed by atoms with Gasteiger partial charge >= 0.3 is 0 Å². The van der Waals surface area contributed by atoms with Gasteiger partial charge in [-0.25, -0.2) is 4.98 Å². The maximum absolute atomic E-state index is 12.2. The molecule has 2 aromatic carbocycles. The molecular weight excluding hydrogens is 358 g/mol. The molecule has 1 amide bonds. The van der Waals surface area contributed by atoms with Crippen LogP contribution in [0.4, 0.5) is 10.8 Å². The number of para-hydroxylation sites is 1. The van der Waals surface area contributed by atoms with E-state index < -0.39 is 0 Å². The lowest BCUT2D eigenvalue weighted by Crippen LogP contribution is -2.20. The molecule has 0 atom stereocenters. The molecular formula is C18H16ClN3O2S. The number of nitrogens with zero attached hydrogens (tertiary/aromatic N) is 1. The van der Waals surface area contributed by atoms with Crippen LogP contribution in [0.5, 0.6) is 5.75 Å². The third kappa shape index (κ3) is 4.29. The Balaban J connectivity index is 1.68. The zero-order chi connectivity index (χ0) is 17.8. The number of ether oxygens (including phenoxy) is 1. The first-order chi connectivity index (χ1) is 12.0. The Morgan fingerprint density at radius 3 is 2.84 bits per heavy atom. The predicted molar refractivity (Wildman–Crippen MR) is 102 cm³/mol. The molecule has 0 fully saturated rings. The average molecular weight is 374 g/mol. The number of nitrogens with one attached hydrogen (secondary N) is 1. The van der Waals surface area contributed by atoms with Crippen molar-refractivity contribution < 1.29 is 9.53 Å². The highest BCUT2D eigenvalue weighted by molar-refractivity contribution is 7.13. The van der Waals surface area contributed by atoms with Gasteiger partial charge in [0.25, 0.3) is 5.91 Å². The van der Waals surface area contributed by atoms with Gasteiger partial charge in [-0.05, 0) is 42.8 Å². The summed E-state index contributed by atoms with van der Waals surface area (Å²) in [5, 5.41) is 5.79. The molecule has 0 bridgehead atoms. The average Bonchev–Trinajstić information content (AvgIpc) is 3.02. The molecule has 1 heterocycles. The van der Waals surface area contributed by atoms with Crippen molar-refractivity contribution >= 4 is 39.7 Å². The van der Waals surface area contributed by atoms with Crippen LogP contribution in [0.15, 0.2) is 47.8 Å². The van der Waals surface area contributed by atoms with E-state index >= 15 is 0 Å². The molecule has 3 aromatic rings. The van der Waals surface area contributed by atoms with Gasteiger partial charge in [-0.3, -0.25) is 4.79 Å². The van der Waals surface area contributed by atoms with Crippen LogP contribution in [-0.4, -0.2) is 17.5 Å². The molecule has 0 aliphatic heterocycles. The Morgan fingerprint density at radius 1 is 1.32 bits per heavy atom. The lowest BCUT2D eigenvalue weighted by atomic mass is 10.1. The summed E-state index contributed by atoms with van der Waals surface area (Å²) in [6.45, 7) is 1.77. The molecule has 25 heavy (non-hydrogen) atoms. The second kappa shape index (κ2) is 7.55. The van der Waals surface area contributed by atoms with Gasteiger partial charge in [-0.2, -0.15) is 0 Å². The number of rotatable bonds is 5. The fraction of sp³-hybridized carbons (Fsp3) is 0.111. The third-order valence-electron chi connectivity index (χ3n) is 3.51. The fourth-order valence-corrected chi connectivity index (χ4v) is 3.10. The number of nitrogens with two attached hydrogens (primary N) is 1. The molecule has 0 saturated heterocycles. The molecule has 0 unspecified atom stereocenters. The number of benzene rings is 2. The number of halogens is 1. The van der Waals surface area contributed by atoms with Gasteiger partial charge in [-0.15, -0.1) is 11.3 Å². The minimum Gasteiger partial charge on any atom is -0.483 e. The van der Waals surface area contributed by atoms with Gasteiger partial charge in [0, 0.05) is 21.7 Å². The molecule has 3 N–H and O–H groups in total. The largest absolute Gasteiger partial charge is 0.483 e. The van der Waals surface area contributed by atoms with Crippen molar-refractivity contribution in [2.24, 2.45) is 0 Å². The van der Waals surface area contributed by atoms with E-state index in [0.29, 0.717) is 21.6 Å². The molecule has 0 radical (unpaired) electrons. The van der Waals surface area contributed by atoms with Gasteiger partial charge < -0.3 is 15.8 Å². The minimum absolute atomic E-state index is 0.112. The maximum atomic E-state index is 12.2. The normalized spacial score (nSPS) is 10.5. The second-order valence-electron chi connectivity index (χ2n) is 5.36. The Bertz CT molecular complexity index is 911. The van der Waals surface area contributed by atoms with E-state index in [1.54, 1.807) is 24.3 Å². The summed E-state index contributed by atoms with van der Waals surface area (Å²) in [6.07, 6.45) is 0. The number of hydrogen-bond donors (Lipinski definition) is 2. The number of aromatic nitrogens is 1. The number of anilines is 2. The number of hydrogen-bond acceptors (Lipinski definition) is 5. The fourth-order valence-electron chi connectivity index (χ4n) is 2.31. The first-order valence-corrected chi connectivity index (χ1v) is 8.78. The molecule has 0 aliphatic carbocycles. The summed E-state index contributed by atoms with van der Waals surface area (Å²) >= 11 is 7.28. The smallest absolute Gasteiger partial charge is 0.262 e. The van der Waals surface area contributed by atoms with Crippen LogP contribution in [-0.2, 0) is 4.79 Å². The summed E-state index contributed by atoms with van der Waals surface area (Å²) < 4.78 is 5.68. The molecule has 0 saturated carbocycles. The monoisotopic (exact) mass is 373 g/mol. The molecule has 1 aromatic heterocycles. The van der Waals surface area contributed by atoms with Crippen molar-refractivity contribution in [2.45, 2.75) is 6.92 Å². The number of nitrogen functional groups attached to an aromatic ring is 1. The van der Waals surface area contributed by atoms with Crippen molar-refractivity contribution in [1.29, 1.82) is 0 Å². The van der Waals surface area contributed by atoms with Gasteiger partial charge in [0.05, 0.1) is 5.69 Å². The van der Waals surface area contributed by atoms with E-state index in [1.165, 1.54) is 11.3 Å². The summed E-state index contributed by atoms with van der Waals surface area (Å²) in [5.41, 5.74) is 8.81. The standard InChI is InChI=1S/C18H16ClN3O2S/c1-11-8-12(19)6-7-14(11)21-17(23)9-24-16-5-3-2-4-13(16)15-10-25-18(20)22-15/h2-8,10H,9H2,1H3,(H2,20,22)(H,21,23). The zero-order valence-corrected chi connectivity index (χ0v) is 15.0. The van der Waals surface area contributed by atoms with Crippen LogP contribution in [0.1, 0.15) is 5.56 Å². The van der Waals surface area contributed by atoms with Crippen molar-refractivity contribution in [2.75, 3.05) is 17.7 Å². The zero-order valence-electron chi connectivity index (χ0n) is 13.5. The van der Waals surface area contributed by atoms with Gasteiger partial charge in [0.15, 0.2) is 11.7 Å². The number of carbonyl (C=O) groups excluding carboxylic acids is 1. The van der Waals surface area contributed by atoms with Crippen molar-refractivity contribution in [1.82, 2.24) is 4.98 Å². The van der Waals surface area contributed by atoms with Gasteiger partial charge in [0.2, 0.25) is 0 Å². The van der Waals surface area contributed by atoms with Crippen LogP contribution < -0.4 is 15.8 Å². The molecule has 128 valence electrons. The number of aryl methyl sites for hydroxylation is 1. The topological polar surface area (TPSA) is 77.2 Å². The maximum Gasteiger partial charge on any atom is 0.262 e. The Hall–Kier alpha value is -2.57. The van der Waals surface area contributed by atoms with E-state index in [1.807, 2.05) is 30.5 Å². The van der Waals surface area contributed by atoms with E-state index in [2.05, 4.69) is 10.3 Å². The van der Waals surface area contributed by atoms with E-state index in [0.717, 1.165) is 16.8 Å². The highest BCUT2D eigenvalue weighted by Crippen LogP contribution is 2.31. The van der Waals surface area contributed by atoms with Gasteiger partial charge in [0.1, 0.15) is 5.75 Å². The molecule has 0 aliphatic rings. The van der Waals surface area contributed by atoms with Crippen LogP contribution >= 0.6 is 22.9 Å². The molecule has 3 rings (SSSR count).